The molecule has 1 saturated heterocycles. The van der Waals surface area contributed by atoms with E-state index in [1.807, 2.05) is 6.92 Å². The normalized spacial score (nSPS) is 19.0. The van der Waals surface area contributed by atoms with Crippen molar-refractivity contribution in [2.75, 3.05) is 19.7 Å². The van der Waals surface area contributed by atoms with E-state index in [1.165, 1.54) is 12.4 Å². The molecule has 10 heteroatoms. The van der Waals surface area contributed by atoms with E-state index in [2.05, 4.69) is 37.3 Å². The van der Waals surface area contributed by atoms with E-state index < -0.39 is 6.17 Å². The highest BCUT2D eigenvalue weighted by Gasteiger charge is 2.22. The second-order valence-electron chi connectivity index (χ2n) is 7.34. The summed E-state index contributed by atoms with van der Waals surface area (Å²) in [6.45, 7) is 8.36. The first-order chi connectivity index (χ1) is 16.0. The highest BCUT2D eigenvalue weighted by Crippen LogP contribution is 2.28. The zero-order valence-electron chi connectivity index (χ0n) is 18.6. The molecule has 2 aromatic rings. The van der Waals surface area contributed by atoms with Crippen LogP contribution >= 0.6 is 0 Å². The molecule has 2 aromatic heterocycles. The quantitative estimate of drug-likeness (QED) is 0.361. The molecule has 174 valence electrons. The Kier molecular flexibility index (Phi) is 8.59. The largest absolute Gasteiger partial charge is 0.488 e. The summed E-state index contributed by atoms with van der Waals surface area (Å²) in [5.41, 5.74) is 0.893. The Labute approximate surface area is 191 Å². The summed E-state index contributed by atoms with van der Waals surface area (Å²) >= 11 is 0. The third-order valence-corrected chi connectivity index (χ3v) is 4.74. The Morgan fingerprint density at radius 1 is 1.42 bits per heavy atom. The van der Waals surface area contributed by atoms with Crippen LogP contribution in [0.25, 0.3) is 0 Å². The van der Waals surface area contributed by atoms with Crippen LogP contribution < -0.4 is 20.1 Å². The first-order valence-electron chi connectivity index (χ1n) is 10.6. The number of ether oxygens (including phenoxy) is 2. The number of alkyl halides is 1. The van der Waals surface area contributed by atoms with E-state index in [9.17, 15) is 9.18 Å². The van der Waals surface area contributed by atoms with E-state index in [-0.39, 0.29) is 24.2 Å². The maximum absolute atomic E-state index is 13.5. The molecule has 0 aromatic carbocycles. The Balaban J connectivity index is 1.72. The van der Waals surface area contributed by atoms with Crippen LogP contribution in [0, 0.1) is 0 Å². The molecule has 0 spiro atoms. The number of aromatic nitrogens is 2. The molecule has 0 unspecified atom stereocenters. The van der Waals surface area contributed by atoms with Gasteiger partial charge in [0.25, 0.3) is 5.88 Å². The fourth-order valence-electron chi connectivity index (χ4n) is 3.15. The Hall–Kier alpha value is -3.66. The summed E-state index contributed by atoms with van der Waals surface area (Å²) in [6, 6.07) is 4.93. The van der Waals surface area contributed by atoms with Gasteiger partial charge in [0.1, 0.15) is 11.9 Å². The molecule has 0 saturated carbocycles. The molecule has 3 heterocycles. The zero-order valence-corrected chi connectivity index (χ0v) is 18.6. The van der Waals surface area contributed by atoms with E-state index in [0.717, 1.165) is 0 Å². The third-order valence-electron chi connectivity index (χ3n) is 4.74. The molecular weight excluding hydrogens is 427 g/mol. The van der Waals surface area contributed by atoms with Crippen molar-refractivity contribution in [2.45, 2.75) is 32.5 Å². The van der Waals surface area contributed by atoms with Crippen molar-refractivity contribution in [3.05, 3.63) is 54.1 Å². The Morgan fingerprint density at radius 2 is 2.27 bits per heavy atom. The lowest BCUT2D eigenvalue weighted by Crippen LogP contribution is -2.49. The topological polar surface area (TPSA) is 110 Å². The van der Waals surface area contributed by atoms with Crippen molar-refractivity contribution in [3.8, 4) is 17.4 Å². The molecular formula is C23H27FN6O3. The maximum Gasteiger partial charge on any atom is 0.262 e. The number of nitrogens with one attached hydrogen (secondary N) is 2. The average molecular weight is 455 g/mol. The zero-order chi connectivity index (χ0) is 23.6. The molecule has 1 amide bonds. The first kappa shape index (κ1) is 24.0. The fraction of sp³-hybridized carbons (Fsp3) is 0.348. The first-order valence-corrected chi connectivity index (χ1v) is 10.6. The molecule has 2 atom stereocenters. The molecule has 0 radical (unpaired) electrons. The predicted molar refractivity (Wildman–Crippen MR) is 124 cm³/mol. The molecule has 3 rings (SSSR count). The SMILES string of the molecule is C=NC(=N/C=C(\C)C(=O)N[C@@H]1CNC[C@@H](F)C1)c1cncc(Oc2ncccc2OCC)c1. The molecule has 0 aliphatic carbocycles. The molecule has 1 aliphatic heterocycles. The minimum atomic E-state index is -0.972. The second-order valence-corrected chi connectivity index (χ2v) is 7.34. The number of amides is 1. The maximum atomic E-state index is 13.5. The number of rotatable bonds is 8. The summed E-state index contributed by atoms with van der Waals surface area (Å²) in [4.78, 5) is 29.0. The van der Waals surface area contributed by atoms with Crippen molar-refractivity contribution in [2.24, 2.45) is 9.98 Å². The lowest BCUT2D eigenvalue weighted by Gasteiger charge is -2.26. The summed E-state index contributed by atoms with van der Waals surface area (Å²) in [5.74, 6) is 1.17. The Morgan fingerprint density at radius 3 is 3.03 bits per heavy atom. The lowest BCUT2D eigenvalue weighted by atomic mass is 10.1. The number of carbonyl (C=O) groups is 1. The minimum absolute atomic E-state index is 0.259. The molecule has 1 fully saturated rings. The lowest BCUT2D eigenvalue weighted by molar-refractivity contribution is -0.118. The number of hydrogen-bond acceptors (Lipinski definition) is 7. The number of hydrogen-bond donors (Lipinski definition) is 2. The molecule has 1 aliphatic rings. The summed E-state index contributed by atoms with van der Waals surface area (Å²) in [6.07, 6.45) is 5.39. The van der Waals surface area contributed by atoms with Crippen molar-refractivity contribution in [1.82, 2.24) is 20.6 Å². The average Bonchev–Trinajstić information content (AvgIpc) is 2.81. The molecule has 0 bridgehead atoms. The predicted octanol–water partition coefficient (Wildman–Crippen LogP) is 2.83. The summed E-state index contributed by atoms with van der Waals surface area (Å²) in [5, 5.41) is 5.76. The van der Waals surface area contributed by atoms with Crippen LogP contribution in [0.1, 0.15) is 25.8 Å². The van der Waals surface area contributed by atoms with Crippen LogP contribution in [0.4, 0.5) is 4.39 Å². The monoisotopic (exact) mass is 454 g/mol. The number of nitrogens with zero attached hydrogens (tertiary/aromatic N) is 4. The van der Waals surface area contributed by atoms with Crippen molar-refractivity contribution >= 4 is 18.5 Å². The van der Waals surface area contributed by atoms with Crippen LogP contribution in [0.2, 0.25) is 0 Å². The van der Waals surface area contributed by atoms with Gasteiger partial charge in [-0.2, -0.15) is 0 Å². The minimum Gasteiger partial charge on any atom is -0.488 e. The standard InChI is InChI=1S/C23H27FN6O3/c1-4-32-20-6-5-7-28-23(20)33-19-8-16(11-26-14-19)21(25-3)29-10-15(2)22(31)30-18-9-17(24)12-27-13-18/h5-8,10-11,14,17-18,27H,3-4,9,12-13H2,1-2H3,(H,30,31)/b15-10+,29-21?/t17-,18-/m0/s1. The third kappa shape index (κ3) is 6.91. The van der Waals surface area contributed by atoms with Crippen LogP contribution in [0.5, 0.6) is 17.4 Å². The molecule has 9 nitrogen and oxygen atoms in total. The van der Waals surface area contributed by atoms with E-state index in [1.54, 1.807) is 37.5 Å². The van der Waals surface area contributed by atoms with Crippen molar-refractivity contribution in [3.63, 3.8) is 0 Å². The van der Waals surface area contributed by atoms with E-state index >= 15 is 0 Å². The van der Waals surface area contributed by atoms with Gasteiger partial charge in [-0.15, -0.1) is 0 Å². The Bertz CT molecular complexity index is 1040. The highest BCUT2D eigenvalue weighted by molar-refractivity contribution is 6.02. The second kappa shape index (κ2) is 11.8. The number of carbonyl (C=O) groups excluding carboxylic acids is 1. The number of pyridine rings is 2. The number of piperidine rings is 1. The number of aliphatic imine (C=N–C) groups is 2. The number of amidine groups is 1. The van der Waals surface area contributed by atoms with Gasteiger partial charge < -0.3 is 20.1 Å². The van der Waals surface area contributed by atoms with E-state index in [4.69, 9.17) is 9.47 Å². The number of halogens is 1. The van der Waals surface area contributed by atoms with Gasteiger partial charge in [-0.3, -0.25) is 9.78 Å². The van der Waals surface area contributed by atoms with Gasteiger partial charge >= 0.3 is 0 Å². The van der Waals surface area contributed by atoms with Gasteiger partial charge in [0.2, 0.25) is 5.91 Å². The van der Waals surface area contributed by atoms with Gasteiger partial charge in [0.05, 0.1) is 12.8 Å². The van der Waals surface area contributed by atoms with Gasteiger partial charge in [-0.25, -0.2) is 19.4 Å². The van der Waals surface area contributed by atoms with Gasteiger partial charge in [-0.05, 0) is 38.8 Å². The fourth-order valence-corrected chi connectivity index (χ4v) is 3.15. The summed E-state index contributed by atoms with van der Waals surface area (Å²) in [7, 11) is 0. The highest BCUT2D eigenvalue weighted by atomic mass is 19.1. The van der Waals surface area contributed by atoms with Gasteiger partial charge in [-0.1, -0.05) is 0 Å². The molecule has 33 heavy (non-hydrogen) atoms. The molecule has 2 N–H and O–H groups in total. The van der Waals surface area contributed by atoms with Crippen LogP contribution in [-0.2, 0) is 4.79 Å². The summed E-state index contributed by atoms with van der Waals surface area (Å²) < 4.78 is 24.9. The van der Waals surface area contributed by atoms with Crippen LogP contribution in [0.15, 0.2) is 58.5 Å². The van der Waals surface area contributed by atoms with Crippen molar-refractivity contribution in [1.29, 1.82) is 0 Å². The van der Waals surface area contributed by atoms with Gasteiger partial charge in [0, 0.05) is 55.3 Å². The van der Waals surface area contributed by atoms with Crippen LogP contribution in [-0.4, -0.2) is 60.3 Å². The van der Waals surface area contributed by atoms with E-state index in [0.29, 0.717) is 48.2 Å². The van der Waals surface area contributed by atoms with Gasteiger partial charge in [0.15, 0.2) is 11.6 Å². The van der Waals surface area contributed by atoms with Crippen molar-refractivity contribution < 1.29 is 18.7 Å². The van der Waals surface area contributed by atoms with Crippen LogP contribution in [0.3, 0.4) is 0 Å². The smallest absolute Gasteiger partial charge is 0.262 e.